The van der Waals surface area contributed by atoms with Gasteiger partial charge in [-0.15, -0.1) is 0 Å². The number of pyridine rings is 3. The van der Waals surface area contributed by atoms with Gasteiger partial charge in [0, 0.05) is 38.1 Å². The SMILES string of the molecule is CNc1cc(N2CC[C@@H](Nc3cc(Nc4ccccn4)ncc3C(N)=O)[C@@H](F)C2)ncc1N. The third kappa shape index (κ3) is 5.03. The number of hydrogen-bond donors (Lipinski definition) is 5. The number of rotatable bonds is 7. The van der Waals surface area contributed by atoms with Crippen LogP contribution in [-0.2, 0) is 0 Å². The molecule has 2 atom stereocenters. The largest absolute Gasteiger partial charge is 0.396 e. The molecule has 0 bridgehead atoms. The highest BCUT2D eigenvalue weighted by Gasteiger charge is 2.31. The van der Waals surface area contributed by atoms with Gasteiger partial charge in [0.25, 0.3) is 5.91 Å². The first-order chi connectivity index (χ1) is 15.9. The maximum atomic E-state index is 15.2. The molecule has 1 fully saturated rings. The van der Waals surface area contributed by atoms with Crippen molar-refractivity contribution >= 4 is 40.4 Å². The van der Waals surface area contributed by atoms with Gasteiger partial charge < -0.3 is 32.3 Å². The summed E-state index contributed by atoms with van der Waals surface area (Å²) in [7, 11) is 1.77. The highest BCUT2D eigenvalue weighted by molar-refractivity contribution is 5.98. The van der Waals surface area contributed by atoms with Crippen LogP contribution in [0.2, 0.25) is 0 Å². The second kappa shape index (κ2) is 9.55. The van der Waals surface area contributed by atoms with E-state index in [-0.39, 0.29) is 12.1 Å². The van der Waals surface area contributed by atoms with Gasteiger partial charge in [-0.05, 0) is 18.6 Å². The van der Waals surface area contributed by atoms with Crippen LogP contribution in [0.25, 0.3) is 0 Å². The molecule has 11 heteroatoms. The van der Waals surface area contributed by atoms with E-state index in [4.69, 9.17) is 11.5 Å². The van der Waals surface area contributed by atoms with E-state index < -0.39 is 18.1 Å². The summed E-state index contributed by atoms with van der Waals surface area (Å²) in [5, 5.41) is 9.23. The number of aromatic nitrogens is 3. The lowest BCUT2D eigenvalue weighted by atomic mass is 10.0. The van der Waals surface area contributed by atoms with E-state index >= 15 is 4.39 Å². The molecule has 0 unspecified atom stereocenters. The minimum atomic E-state index is -1.21. The number of piperidine rings is 1. The molecule has 172 valence electrons. The zero-order valence-corrected chi connectivity index (χ0v) is 18.1. The van der Waals surface area contributed by atoms with Crippen molar-refractivity contribution in [2.75, 3.05) is 46.7 Å². The fraction of sp³-hybridized carbons (Fsp3) is 0.273. The second-order valence-corrected chi connectivity index (χ2v) is 7.70. The van der Waals surface area contributed by atoms with Crippen LogP contribution in [-0.4, -0.2) is 53.2 Å². The van der Waals surface area contributed by atoms with Crippen LogP contribution < -0.4 is 32.3 Å². The van der Waals surface area contributed by atoms with Gasteiger partial charge in [-0.25, -0.2) is 19.3 Å². The Morgan fingerprint density at radius 2 is 2.00 bits per heavy atom. The first-order valence-corrected chi connectivity index (χ1v) is 10.5. The van der Waals surface area contributed by atoms with E-state index in [1.165, 1.54) is 6.20 Å². The van der Waals surface area contributed by atoms with Crippen molar-refractivity contribution in [1.82, 2.24) is 15.0 Å². The third-order valence-corrected chi connectivity index (χ3v) is 5.49. The summed E-state index contributed by atoms with van der Waals surface area (Å²) in [4.78, 5) is 26.6. The lowest BCUT2D eigenvalue weighted by Gasteiger charge is -2.36. The number of carbonyl (C=O) groups excluding carboxylic acids is 1. The van der Waals surface area contributed by atoms with Crippen molar-refractivity contribution < 1.29 is 9.18 Å². The molecule has 0 spiro atoms. The molecule has 7 N–H and O–H groups in total. The monoisotopic (exact) mass is 451 g/mol. The standard InChI is InChI=1S/C22H26FN9O/c1-26-18-9-21(29-11-15(18)24)32-7-5-16(14(23)12-32)30-17-8-20(28-10-13(17)22(25)33)31-19-4-2-3-6-27-19/h2-4,6,8-11,14,16H,5,7,12,24H2,1H3,(H2,25,33)(H,26,29)(H2,27,28,30,31)/t14-,16+/m0/s1. The first kappa shape index (κ1) is 22.1. The molecule has 3 aromatic rings. The number of hydrogen-bond acceptors (Lipinski definition) is 9. The summed E-state index contributed by atoms with van der Waals surface area (Å²) < 4.78 is 15.2. The van der Waals surface area contributed by atoms with Crippen LogP contribution in [0.15, 0.2) is 48.9 Å². The molecule has 33 heavy (non-hydrogen) atoms. The molecule has 0 radical (unpaired) electrons. The molecule has 4 heterocycles. The van der Waals surface area contributed by atoms with E-state index in [1.54, 1.807) is 43.7 Å². The van der Waals surface area contributed by atoms with Crippen molar-refractivity contribution in [1.29, 1.82) is 0 Å². The number of nitrogens with zero attached hydrogens (tertiary/aromatic N) is 4. The predicted octanol–water partition coefficient (Wildman–Crippen LogP) is 2.37. The minimum Gasteiger partial charge on any atom is -0.396 e. The van der Waals surface area contributed by atoms with Gasteiger partial charge in [-0.2, -0.15) is 0 Å². The summed E-state index contributed by atoms with van der Waals surface area (Å²) in [5.74, 6) is 1.06. The number of primary amides is 1. The van der Waals surface area contributed by atoms with Crippen LogP contribution in [0.4, 0.5) is 38.9 Å². The van der Waals surface area contributed by atoms with Crippen LogP contribution in [0.1, 0.15) is 16.8 Å². The van der Waals surface area contributed by atoms with E-state index in [0.29, 0.717) is 41.8 Å². The van der Waals surface area contributed by atoms with Crippen molar-refractivity contribution in [2.45, 2.75) is 18.6 Å². The second-order valence-electron chi connectivity index (χ2n) is 7.70. The molecule has 1 aliphatic heterocycles. The predicted molar refractivity (Wildman–Crippen MR) is 128 cm³/mol. The van der Waals surface area contributed by atoms with Crippen LogP contribution in [0.3, 0.4) is 0 Å². The van der Waals surface area contributed by atoms with E-state index in [9.17, 15) is 4.79 Å². The smallest absolute Gasteiger partial charge is 0.252 e. The zero-order valence-electron chi connectivity index (χ0n) is 18.1. The van der Waals surface area contributed by atoms with Gasteiger partial charge in [0.05, 0.1) is 41.4 Å². The Labute approximate surface area is 190 Å². The molecule has 10 nitrogen and oxygen atoms in total. The molecule has 0 aromatic carbocycles. The van der Waals surface area contributed by atoms with Gasteiger partial charge in [-0.3, -0.25) is 4.79 Å². The van der Waals surface area contributed by atoms with Gasteiger partial charge >= 0.3 is 0 Å². The summed E-state index contributed by atoms with van der Waals surface area (Å²) in [5.41, 5.74) is 13.3. The Bertz CT molecular complexity index is 1130. The number of nitrogens with one attached hydrogen (secondary N) is 3. The van der Waals surface area contributed by atoms with E-state index in [0.717, 1.165) is 5.69 Å². The normalized spacial score (nSPS) is 17.9. The maximum Gasteiger partial charge on any atom is 0.252 e. The highest BCUT2D eigenvalue weighted by atomic mass is 19.1. The quantitative estimate of drug-likeness (QED) is 0.365. The van der Waals surface area contributed by atoms with Crippen molar-refractivity contribution in [3.63, 3.8) is 0 Å². The van der Waals surface area contributed by atoms with Crippen LogP contribution >= 0.6 is 0 Å². The molecule has 0 saturated carbocycles. The number of anilines is 6. The lowest BCUT2D eigenvalue weighted by Crippen LogP contribution is -2.48. The molecule has 4 rings (SSSR count). The maximum absolute atomic E-state index is 15.2. The molecule has 0 aliphatic carbocycles. The van der Waals surface area contributed by atoms with Crippen molar-refractivity contribution in [2.24, 2.45) is 5.73 Å². The third-order valence-electron chi connectivity index (χ3n) is 5.49. The summed E-state index contributed by atoms with van der Waals surface area (Å²) in [6.07, 6.45) is 3.86. The fourth-order valence-corrected chi connectivity index (χ4v) is 3.73. The highest BCUT2D eigenvalue weighted by Crippen LogP contribution is 2.28. The molecule has 1 aliphatic rings. The van der Waals surface area contributed by atoms with Crippen LogP contribution in [0, 0.1) is 0 Å². The van der Waals surface area contributed by atoms with Gasteiger partial charge in [0.15, 0.2) is 0 Å². The molecule has 1 amide bonds. The molecular weight excluding hydrogens is 425 g/mol. The van der Waals surface area contributed by atoms with E-state index in [1.807, 2.05) is 11.0 Å². The molecular formula is C22H26FN9O. The Morgan fingerprint density at radius 1 is 1.15 bits per heavy atom. The topological polar surface area (TPSA) is 147 Å². The Morgan fingerprint density at radius 3 is 2.70 bits per heavy atom. The van der Waals surface area contributed by atoms with Crippen molar-refractivity contribution in [3.8, 4) is 0 Å². The number of nitrogens with two attached hydrogens (primary N) is 2. The minimum absolute atomic E-state index is 0.147. The number of nitrogen functional groups attached to an aromatic ring is 1. The Balaban J connectivity index is 1.49. The average Bonchev–Trinajstić information content (AvgIpc) is 2.81. The molecule has 3 aromatic heterocycles. The van der Waals surface area contributed by atoms with Crippen molar-refractivity contribution in [3.05, 3.63) is 54.5 Å². The number of carbonyl (C=O) groups is 1. The Hall–Kier alpha value is -4.15. The number of amides is 1. The summed E-state index contributed by atoms with van der Waals surface area (Å²) >= 11 is 0. The number of halogens is 1. The fourth-order valence-electron chi connectivity index (χ4n) is 3.73. The van der Waals surface area contributed by atoms with Crippen LogP contribution in [0.5, 0.6) is 0 Å². The summed E-state index contributed by atoms with van der Waals surface area (Å²) in [6, 6.07) is 8.35. The van der Waals surface area contributed by atoms with E-state index in [2.05, 4.69) is 30.9 Å². The molecule has 1 saturated heterocycles. The van der Waals surface area contributed by atoms with Gasteiger partial charge in [0.1, 0.15) is 23.6 Å². The van der Waals surface area contributed by atoms with Gasteiger partial charge in [-0.1, -0.05) is 6.07 Å². The summed E-state index contributed by atoms with van der Waals surface area (Å²) in [6.45, 7) is 0.724. The zero-order chi connectivity index (χ0) is 23.4. The Kier molecular flexibility index (Phi) is 6.38. The van der Waals surface area contributed by atoms with Gasteiger partial charge in [0.2, 0.25) is 0 Å². The average molecular weight is 452 g/mol. The lowest BCUT2D eigenvalue weighted by molar-refractivity contribution is 0.100. The number of alkyl halides is 1. The first-order valence-electron chi connectivity index (χ1n) is 10.5.